The van der Waals surface area contributed by atoms with Crippen molar-refractivity contribution in [2.75, 3.05) is 11.5 Å². The molecule has 364 valence electrons. The number of rotatable bonds is 10. The lowest BCUT2D eigenvalue weighted by Crippen LogP contribution is -2.16. The number of carbonyl (C=O) groups is 2. The van der Waals surface area contributed by atoms with Gasteiger partial charge in [0, 0.05) is 16.2 Å². The third-order valence-electron chi connectivity index (χ3n) is 10.7. The molecule has 0 aliphatic carbocycles. The number of carboxylic acid groups (broad SMARTS) is 2. The summed E-state index contributed by atoms with van der Waals surface area (Å²) in [7, 11) is 0. The summed E-state index contributed by atoms with van der Waals surface area (Å²) in [4.78, 5) is 40.5. The highest BCUT2D eigenvalue weighted by Gasteiger charge is 2.34. The highest BCUT2D eigenvalue weighted by Crippen LogP contribution is 2.44. The molecule has 0 aliphatic heterocycles. The van der Waals surface area contributed by atoms with E-state index in [1.54, 1.807) is 24.3 Å². The van der Waals surface area contributed by atoms with E-state index in [1.165, 1.54) is 33.6 Å². The van der Waals surface area contributed by atoms with Gasteiger partial charge in [-0.05, 0) is 41.8 Å². The van der Waals surface area contributed by atoms with Crippen molar-refractivity contribution in [3.05, 3.63) is 99.4 Å². The van der Waals surface area contributed by atoms with Crippen LogP contribution in [0.1, 0.15) is 132 Å². The normalized spacial score (nSPS) is 12.5. The van der Waals surface area contributed by atoms with Crippen LogP contribution in [0, 0.1) is 17.9 Å². The predicted octanol–water partition coefficient (Wildman–Crippen LogP) is 9.32. The maximum atomic E-state index is 11.9. The first-order chi connectivity index (χ1) is 33.0. The van der Waals surface area contributed by atoms with Gasteiger partial charge in [-0.25, -0.2) is 23.8 Å². The number of aromatic hydroxyl groups is 1. The fourth-order valence-corrected chi connectivity index (χ4v) is 7.22. The number of azo groups is 2. The van der Waals surface area contributed by atoms with Crippen molar-refractivity contribution in [2.45, 2.75) is 105 Å². The zero-order valence-corrected chi connectivity index (χ0v) is 41.0. The number of carboxylic acids is 2. The molecule has 5 aromatic heterocycles. The third-order valence-corrected chi connectivity index (χ3v) is 10.7. The van der Waals surface area contributed by atoms with Crippen LogP contribution in [-0.4, -0.2) is 81.3 Å². The van der Waals surface area contributed by atoms with E-state index in [0.29, 0.717) is 34.2 Å². The van der Waals surface area contributed by atoms with E-state index in [9.17, 15) is 30.2 Å². The molecule has 7 aromatic rings. The van der Waals surface area contributed by atoms with E-state index < -0.39 is 39.6 Å². The number of hydrogen-bond donors (Lipinski definition) is 5. The topological polar surface area (TPSA) is 334 Å². The second kappa shape index (κ2) is 17.7. The zero-order valence-electron chi connectivity index (χ0n) is 41.0. The number of aromatic nitrogens is 11. The molecule has 71 heavy (non-hydrogen) atoms. The van der Waals surface area contributed by atoms with E-state index in [1.807, 2.05) is 83.1 Å². The lowest BCUT2D eigenvalue weighted by Gasteiger charge is -2.15. The fourth-order valence-electron chi connectivity index (χ4n) is 7.22. The zero-order chi connectivity index (χ0) is 52.3. The summed E-state index contributed by atoms with van der Waals surface area (Å²) in [6, 6.07) is 13.5. The third kappa shape index (κ3) is 9.50. The summed E-state index contributed by atoms with van der Waals surface area (Å²) < 4.78 is 4.96. The molecule has 0 saturated carbocycles. The van der Waals surface area contributed by atoms with Gasteiger partial charge in [-0.2, -0.15) is 50.0 Å². The van der Waals surface area contributed by atoms with Gasteiger partial charge >= 0.3 is 17.9 Å². The molecule has 5 heterocycles. The Balaban J connectivity index is 1.37. The quantitative estimate of drug-likeness (QED) is 0.0629. The molecule has 2 aromatic carbocycles. The molecule has 0 saturated heterocycles. The van der Waals surface area contributed by atoms with Crippen molar-refractivity contribution in [1.82, 2.24) is 54.1 Å². The second-order valence-electron chi connectivity index (χ2n) is 20.5. The van der Waals surface area contributed by atoms with Gasteiger partial charge in [0.15, 0.2) is 34.6 Å². The van der Waals surface area contributed by atoms with E-state index >= 15 is 0 Å². The number of benzene rings is 2. The number of anilines is 2. The lowest BCUT2D eigenvalue weighted by atomic mass is 9.90. The van der Waals surface area contributed by atoms with Gasteiger partial charge in [-0.3, -0.25) is 0 Å². The van der Waals surface area contributed by atoms with Crippen molar-refractivity contribution in [1.29, 1.82) is 5.26 Å². The van der Waals surface area contributed by atoms with Gasteiger partial charge in [0.25, 0.3) is 17.6 Å². The molecule has 0 unspecified atom stereocenters. The van der Waals surface area contributed by atoms with Crippen LogP contribution in [0.15, 0.2) is 69.0 Å². The smallest absolute Gasteiger partial charge is 0.335 e. The van der Waals surface area contributed by atoms with Gasteiger partial charge in [0.2, 0.25) is 0 Å². The first kappa shape index (κ1) is 49.7. The van der Waals surface area contributed by atoms with Crippen LogP contribution >= 0.6 is 0 Å². The van der Waals surface area contributed by atoms with Gasteiger partial charge < -0.3 is 26.8 Å². The van der Waals surface area contributed by atoms with Gasteiger partial charge in [0.1, 0.15) is 11.6 Å². The van der Waals surface area contributed by atoms with Crippen LogP contribution in [0.4, 0.5) is 40.3 Å². The number of nitrogens with zero attached hydrogens (tertiary/aromatic N) is 17. The fraction of sp³-hybridized carbons (Fsp3) is 0.340. The van der Waals surface area contributed by atoms with Crippen LogP contribution in [0.25, 0.3) is 28.1 Å². The summed E-state index contributed by atoms with van der Waals surface area (Å²) in [6.45, 7) is 30.5. The van der Waals surface area contributed by atoms with Gasteiger partial charge in [-0.15, -0.1) is 20.5 Å². The molecule has 7 rings (SSSR count). The summed E-state index contributed by atoms with van der Waals surface area (Å²) in [5, 5.41) is 78.0. The molecule has 0 atom stereocenters. The molecule has 0 amide bonds. The Bertz CT molecular complexity index is 3220. The Labute approximate surface area is 406 Å². The monoisotopic (exact) mass is 961 g/mol. The standard InChI is InChI=1S/C47H51N19O5/c1-44(2,3)31-27(22-48)37(63(59-31)25-18-14-16-23(20-25)39(67)68)57-55-28-32(45(4,5)6)61-65(35(28)49)41-52-42(54-43(71)53-41)66-36(50)29(33(62-66)46(7,8)9)56-58-38-30(51-13)34(47(10,11)12)60-64(38)26-19-15-17-24(21-26)40(69)70/h14-21H,49-50H2,1-12H3,(H,67,68)(H,69,70)(H,52,53,54,71). The number of hydrogen-bond acceptors (Lipinski definition) is 17. The van der Waals surface area contributed by atoms with Crippen molar-refractivity contribution in [3.8, 4) is 35.4 Å². The summed E-state index contributed by atoms with van der Waals surface area (Å²) in [5.41, 5.74) is 13.2. The van der Waals surface area contributed by atoms with E-state index in [0.717, 1.165) is 9.36 Å². The SMILES string of the molecule is [C-]#[N+]c1c(C(C)(C)C)nn(-c2cccc(C(=O)O)c2)c1N=Nc1c(C(C)(C)C)nn(-c2nc(O)nc(-n3nc(C(C)(C)C)c(N=Nc4c(C#N)c(C(C)(C)C)nn4-c4cccc(C(=O)O)c4)c3N)n2)c1N. The maximum Gasteiger partial charge on any atom is 0.335 e. The first-order valence-electron chi connectivity index (χ1n) is 21.8. The Morgan fingerprint density at radius 3 is 1.39 bits per heavy atom. The highest BCUT2D eigenvalue weighted by molar-refractivity contribution is 5.89. The molecule has 0 aliphatic rings. The van der Waals surface area contributed by atoms with Crippen LogP contribution in [-0.2, 0) is 21.7 Å². The van der Waals surface area contributed by atoms with Crippen LogP contribution in [0.2, 0.25) is 0 Å². The minimum Gasteiger partial charge on any atom is -0.479 e. The van der Waals surface area contributed by atoms with Crippen LogP contribution in [0.5, 0.6) is 6.01 Å². The summed E-state index contributed by atoms with van der Waals surface area (Å²) in [6.07, 6.45) is 0. The molecular formula is C47H51N19O5. The highest BCUT2D eigenvalue weighted by atomic mass is 16.4. The van der Waals surface area contributed by atoms with Gasteiger partial charge in [-0.1, -0.05) is 95.2 Å². The molecule has 0 radical (unpaired) electrons. The van der Waals surface area contributed by atoms with Crippen molar-refractivity contribution in [2.24, 2.45) is 20.5 Å². The van der Waals surface area contributed by atoms with Crippen molar-refractivity contribution < 1.29 is 24.9 Å². The number of nitriles is 1. The molecule has 24 heteroatoms. The lowest BCUT2D eigenvalue weighted by molar-refractivity contribution is 0.0686. The molecule has 0 fully saturated rings. The number of nitrogen functional groups attached to an aromatic ring is 2. The average molecular weight is 962 g/mol. The Morgan fingerprint density at radius 1 is 0.606 bits per heavy atom. The molecule has 0 bridgehead atoms. The molecule has 0 spiro atoms. The average Bonchev–Trinajstić information content (AvgIpc) is 4.04. The van der Waals surface area contributed by atoms with E-state index in [4.69, 9.17) is 38.4 Å². The maximum absolute atomic E-state index is 11.9. The Kier molecular flexibility index (Phi) is 12.4. The summed E-state index contributed by atoms with van der Waals surface area (Å²) in [5.74, 6) is -3.12. The largest absolute Gasteiger partial charge is 0.479 e. The predicted molar refractivity (Wildman–Crippen MR) is 260 cm³/mol. The minimum atomic E-state index is -1.16. The summed E-state index contributed by atoms with van der Waals surface area (Å²) >= 11 is 0. The van der Waals surface area contributed by atoms with E-state index in [2.05, 4.69) is 46.3 Å². The second-order valence-corrected chi connectivity index (χ2v) is 20.5. The minimum absolute atomic E-state index is 0.000582. The molecule has 24 nitrogen and oxygen atoms in total. The van der Waals surface area contributed by atoms with E-state index in [-0.39, 0.29) is 68.9 Å². The van der Waals surface area contributed by atoms with Crippen LogP contribution in [0.3, 0.4) is 0 Å². The Hall–Kier alpha value is -9.19. The first-order valence-corrected chi connectivity index (χ1v) is 21.8. The molecule has 7 N–H and O–H groups in total. The van der Waals surface area contributed by atoms with Gasteiger partial charge in [0.05, 0.1) is 51.8 Å². The Morgan fingerprint density at radius 2 is 1.00 bits per heavy atom. The number of aromatic carboxylic acids is 2. The number of nitrogens with two attached hydrogens (primary N) is 2. The van der Waals surface area contributed by atoms with Crippen molar-refractivity contribution in [3.63, 3.8) is 0 Å². The molecular weight excluding hydrogens is 911 g/mol. The van der Waals surface area contributed by atoms with Crippen LogP contribution < -0.4 is 11.5 Å². The van der Waals surface area contributed by atoms with Crippen molar-refractivity contribution >= 4 is 52.3 Å².